The molecule has 1 unspecified atom stereocenters. The maximum absolute atomic E-state index is 12.0. The molecule has 1 N–H and O–H groups in total. The highest BCUT2D eigenvalue weighted by molar-refractivity contribution is 5.27. The molecule has 0 saturated heterocycles. The van der Waals surface area contributed by atoms with Crippen LogP contribution in [0.25, 0.3) is 0 Å². The van der Waals surface area contributed by atoms with E-state index in [0.717, 1.165) is 6.42 Å². The van der Waals surface area contributed by atoms with Gasteiger partial charge in [0, 0.05) is 0 Å². The largest absolute Gasteiger partial charge is 0.401 e. The summed E-state index contributed by atoms with van der Waals surface area (Å²) in [5.41, 5.74) is 2.56. The molecule has 0 bridgehead atoms. The highest BCUT2D eigenvalue weighted by atomic mass is 19.4. The third kappa shape index (κ3) is 6.42. The Morgan fingerprint density at radius 1 is 1.05 bits per heavy atom. The predicted octanol–water partition coefficient (Wildman–Crippen LogP) is 4.31. The van der Waals surface area contributed by atoms with Crippen molar-refractivity contribution in [3.05, 3.63) is 35.4 Å². The maximum atomic E-state index is 12.0. The summed E-state index contributed by atoms with van der Waals surface area (Å²) in [5, 5.41) is 2.46. The van der Waals surface area contributed by atoms with Crippen molar-refractivity contribution < 1.29 is 13.2 Å². The quantitative estimate of drug-likeness (QED) is 0.850. The zero-order chi connectivity index (χ0) is 15.4. The van der Waals surface area contributed by atoms with E-state index in [4.69, 9.17) is 0 Å². The molecular formula is C16H24F3N. The van der Waals surface area contributed by atoms with Crippen LogP contribution in [0.5, 0.6) is 0 Å². The van der Waals surface area contributed by atoms with Gasteiger partial charge in [0.15, 0.2) is 0 Å². The number of benzene rings is 1. The molecule has 1 rings (SSSR count). The second kappa shape index (κ2) is 6.61. The van der Waals surface area contributed by atoms with Crippen molar-refractivity contribution in [3.63, 3.8) is 0 Å². The van der Waals surface area contributed by atoms with Gasteiger partial charge in [-0.2, -0.15) is 13.2 Å². The molecule has 0 fully saturated rings. The van der Waals surface area contributed by atoms with Gasteiger partial charge in [-0.05, 0) is 35.4 Å². The van der Waals surface area contributed by atoms with Crippen molar-refractivity contribution in [2.45, 2.75) is 45.7 Å². The first-order valence-corrected chi connectivity index (χ1v) is 6.95. The second-order valence-corrected chi connectivity index (χ2v) is 6.50. The number of alkyl halides is 3. The van der Waals surface area contributed by atoms with E-state index in [-0.39, 0.29) is 11.3 Å². The van der Waals surface area contributed by atoms with Crippen LogP contribution in [0.15, 0.2) is 24.3 Å². The molecule has 0 radical (unpaired) electrons. The van der Waals surface area contributed by atoms with Crippen LogP contribution in [0.1, 0.15) is 38.8 Å². The van der Waals surface area contributed by atoms with Crippen molar-refractivity contribution in [1.29, 1.82) is 0 Å². The van der Waals surface area contributed by atoms with E-state index in [9.17, 15) is 13.2 Å². The van der Waals surface area contributed by atoms with Crippen LogP contribution in [0.2, 0.25) is 0 Å². The van der Waals surface area contributed by atoms with E-state index >= 15 is 0 Å². The van der Waals surface area contributed by atoms with E-state index in [1.54, 1.807) is 0 Å². The first-order chi connectivity index (χ1) is 9.08. The van der Waals surface area contributed by atoms with Crippen molar-refractivity contribution >= 4 is 0 Å². The molecule has 1 atom stereocenters. The fourth-order valence-corrected chi connectivity index (χ4v) is 2.08. The summed E-state index contributed by atoms with van der Waals surface area (Å²) in [4.78, 5) is 0. The van der Waals surface area contributed by atoms with Crippen molar-refractivity contribution in [1.82, 2.24) is 5.32 Å². The molecule has 0 aliphatic heterocycles. The monoisotopic (exact) mass is 287 g/mol. The SMILES string of the molecule is CC(CNCC(F)(F)F)Cc1ccc(C(C)(C)C)cc1. The Bertz CT molecular complexity index is 401. The molecule has 114 valence electrons. The van der Waals surface area contributed by atoms with Crippen LogP contribution in [-0.2, 0) is 11.8 Å². The van der Waals surface area contributed by atoms with Crippen molar-refractivity contribution in [3.8, 4) is 0 Å². The van der Waals surface area contributed by atoms with Gasteiger partial charge in [0.25, 0.3) is 0 Å². The normalized spacial score (nSPS) is 14.3. The summed E-state index contributed by atoms with van der Waals surface area (Å²) in [5.74, 6) is 0.179. The average Bonchev–Trinajstić information content (AvgIpc) is 2.26. The van der Waals surface area contributed by atoms with Crippen LogP contribution in [0.3, 0.4) is 0 Å². The highest BCUT2D eigenvalue weighted by Gasteiger charge is 2.26. The molecule has 0 aromatic heterocycles. The zero-order valence-corrected chi connectivity index (χ0v) is 12.6. The summed E-state index contributed by atoms with van der Waals surface area (Å²) in [7, 11) is 0. The molecule has 0 aliphatic carbocycles. The Morgan fingerprint density at radius 3 is 2.05 bits per heavy atom. The molecule has 0 amide bonds. The Labute approximate surface area is 119 Å². The van der Waals surface area contributed by atoms with Crippen LogP contribution < -0.4 is 5.32 Å². The summed E-state index contributed by atoms with van der Waals surface area (Å²) in [6.45, 7) is 7.89. The maximum Gasteiger partial charge on any atom is 0.401 e. The number of hydrogen-bond donors (Lipinski definition) is 1. The molecular weight excluding hydrogens is 263 g/mol. The van der Waals surface area contributed by atoms with Gasteiger partial charge in [0.05, 0.1) is 6.54 Å². The standard InChI is InChI=1S/C16H24F3N/c1-12(10-20-11-16(17,18)19)9-13-5-7-14(8-6-13)15(2,3)4/h5-8,12,20H,9-11H2,1-4H3. The fraction of sp³-hybridized carbons (Fsp3) is 0.625. The summed E-state index contributed by atoms with van der Waals surface area (Å²) >= 11 is 0. The summed E-state index contributed by atoms with van der Waals surface area (Å²) in [6, 6.07) is 8.35. The van der Waals surface area contributed by atoms with E-state index in [0.29, 0.717) is 6.54 Å². The summed E-state index contributed by atoms with van der Waals surface area (Å²) < 4.78 is 36.1. The van der Waals surface area contributed by atoms with E-state index in [1.165, 1.54) is 11.1 Å². The lowest BCUT2D eigenvalue weighted by Gasteiger charge is -2.20. The van der Waals surface area contributed by atoms with Gasteiger partial charge >= 0.3 is 6.18 Å². The third-order valence-electron chi connectivity index (χ3n) is 3.22. The molecule has 0 aliphatic rings. The number of hydrogen-bond acceptors (Lipinski definition) is 1. The smallest absolute Gasteiger partial charge is 0.308 e. The second-order valence-electron chi connectivity index (χ2n) is 6.50. The topological polar surface area (TPSA) is 12.0 Å². The van der Waals surface area contributed by atoms with Gasteiger partial charge in [-0.3, -0.25) is 0 Å². The molecule has 4 heteroatoms. The predicted molar refractivity (Wildman–Crippen MR) is 76.9 cm³/mol. The van der Waals surface area contributed by atoms with Gasteiger partial charge in [-0.25, -0.2) is 0 Å². The Balaban J connectivity index is 2.44. The summed E-state index contributed by atoms with van der Waals surface area (Å²) in [6.07, 6.45) is -3.34. The van der Waals surface area contributed by atoms with Gasteiger partial charge in [-0.15, -0.1) is 0 Å². The van der Waals surface area contributed by atoms with E-state index in [2.05, 4.69) is 50.4 Å². The Kier molecular flexibility index (Phi) is 5.63. The van der Waals surface area contributed by atoms with Gasteiger partial charge in [0.1, 0.15) is 0 Å². The zero-order valence-electron chi connectivity index (χ0n) is 12.6. The van der Waals surface area contributed by atoms with Crippen LogP contribution in [-0.4, -0.2) is 19.3 Å². The first kappa shape index (κ1) is 17.0. The molecule has 1 nitrogen and oxygen atoms in total. The molecule has 1 aromatic rings. The molecule has 1 aromatic carbocycles. The van der Waals surface area contributed by atoms with E-state index in [1.807, 2.05) is 6.92 Å². The minimum atomic E-state index is -4.13. The minimum Gasteiger partial charge on any atom is -0.308 e. The molecule has 0 spiro atoms. The van der Waals surface area contributed by atoms with Crippen LogP contribution >= 0.6 is 0 Å². The third-order valence-corrected chi connectivity index (χ3v) is 3.22. The number of nitrogens with one attached hydrogen (secondary N) is 1. The van der Waals surface area contributed by atoms with Crippen LogP contribution in [0.4, 0.5) is 13.2 Å². The molecule has 0 saturated carbocycles. The number of halogens is 3. The van der Waals surface area contributed by atoms with Gasteiger partial charge < -0.3 is 5.32 Å². The lowest BCUT2D eigenvalue weighted by atomic mass is 9.86. The number of rotatable bonds is 5. The van der Waals surface area contributed by atoms with Gasteiger partial charge in [0.2, 0.25) is 0 Å². The molecule has 20 heavy (non-hydrogen) atoms. The molecule has 0 heterocycles. The van der Waals surface area contributed by atoms with Gasteiger partial charge in [-0.1, -0.05) is 52.0 Å². The average molecular weight is 287 g/mol. The first-order valence-electron chi connectivity index (χ1n) is 6.95. The fourth-order valence-electron chi connectivity index (χ4n) is 2.08. The Hall–Kier alpha value is -1.03. The lowest BCUT2D eigenvalue weighted by Crippen LogP contribution is -2.32. The van der Waals surface area contributed by atoms with Crippen molar-refractivity contribution in [2.75, 3.05) is 13.1 Å². The Morgan fingerprint density at radius 2 is 1.60 bits per heavy atom. The minimum absolute atomic E-state index is 0.123. The van der Waals surface area contributed by atoms with Crippen molar-refractivity contribution in [2.24, 2.45) is 5.92 Å². The lowest BCUT2D eigenvalue weighted by molar-refractivity contribution is -0.125. The highest BCUT2D eigenvalue weighted by Crippen LogP contribution is 2.22. The van der Waals surface area contributed by atoms with Crippen LogP contribution in [0, 0.1) is 5.92 Å². The van der Waals surface area contributed by atoms with E-state index < -0.39 is 12.7 Å².